The third-order valence-electron chi connectivity index (χ3n) is 5.30. The van der Waals surface area contributed by atoms with Gasteiger partial charge in [-0.1, -0.05) is 36.8 Å². The number of fused-ring (bicyclic) bond motifs is 2. The first-order valence-corrected chi connectivity index (χ1v) is 10.0. The highest BCUT2D eigenvalue weighted by Gasteiger charge is 2.39. The second-order valence-electron chi connectivity index (χ2n) is 7.07. The predicted molar refractivity (Wildman–Crippen MR) is 97.4 cm³/mol. The Labute approximate surface area is 152 Å². The van der Waals surface area contributed by atoms with Crippen LogP contribution in [0.4, 0.5) is 4.79 Å². The van der Waals surface area contributed by atoms with Crippen molar-refractivity contribution in [1.29, 1.82) is 0 Å². The monoisotopic (exact) mass is 363 g/mol. The minimum absolute atomic E-state index is 0.136. The maximum Gasteiger partial charge on any atom is 0.408 e. The van der Waals surface area contributed by atoms with Crippen LogP contribution in [0.1, 0.15) is 31.2 Å². The number of hydrogen-bond acceptors (Lipinski definition) is 4. The molecule has 25 heavy (non-hydrogen) atoms. The molecule has 6 heteroatoms. The molecule has 1 aromatic rings. The molecule has 3 rings (SSSR count). The van der Waals surface area contributed by atoms with Gasteiger partial charge in [-0.2, -0.15) is 11.8 Å². The second kappa shape index (κ2) is 8.61. The molecule has 0 radical (unpaired) electrons. The summed E-state index contributed by atoms with van der Waals surface area (Å²) < 4.78 is 5.11. The summed E-state index contributed by atoms with van der Waals surface area (Å²) in [6.07, 6.45) is 4.68. The number of aliphatic carboxylic acids is 1. The summed E-state index contributed by atoms with van der Waals surface area (Å²) in [6, 6.07) is 8.41. The number of nitrogens with one attached hydrogen (secondary N) is 1. The topological polar surface area (TPSA) is 75.6 Å². The molecule has 4 unspecified atom stereocenters. The summed E-state index contributed by atoms with van der Waals surface area (Å²) in [5.41, 5.74) is 0.871. The Morgan fingerprint density at radius 1 is 1.24 bits per heavy atom. The van der Waals surface area contributed by atoms with Crippen LogP contribution in [-0.2, 0) is 16.1 Å². The Balaban J connectivity index is 1.38. The van der Waals surface area contributed by atoms with Gasteiger partial charge in [0, 0.05) is 5.75 Å². The normalized spacial score (nSPS) is 25.5. The first-order valence-electron chi connectivity index (χ1n) is 8.89. The van der Waals surface area contributed by atoms with E-state index < -0.39 is 18.1 Å². The number of rotatable bonds is 8. The van der Waals surface area contributed by atoms with Crippen molar-refractivity contribution in [3.05, 3.63) is 35.9 Å². The summed E-state index contributed by atoms with van der Waals surface area (Å²) in [7, 11) is 0. The van der Waals surface area contributed by atoms with E-state index in [-0.39, 0.29) is 6.61 Å². The molecule has 4 atom stereocenters. The quantitative estimate of drug-likeness (QED) is 0.739. The summed E-state index contributed by atoms with van der Waals surface area (Å²) in [6.45, 7) is 0.136. The molecule has 2 bridgehead atoms. The Bertz CT molecular complexity index is 594. The van der Waals surface area contributed by atoms with Crippen molar-refractivity contribution >= 4 is 23.8 Å². The van der Waals surface area contributed by atoms with Crippen molar-refractivity contribution in [2.75, 3.05) is 11.5 Å². The van der Waals surface area contributed by atoms with E-state index in [1.807, 2.05) is 30.3 Å². The minimum atomic E-state index is -1.02. The van der Waals surface area contributed by atoms with Crippen LogP contribution in [-0.4, -0.2) is 34.7 Å². The average molecular weight is 363 g/mol. The van der Waals surface area contributed by atoms with Crippen LogP contribution < -0.4 is 5.32 Å². The fourth-order valence-electron chi connectivity index (χ4n) is 4.00. The van der Waals surface area contributed by atoms with Gasteiger partial charge in [-0.05, 0) is 48.3 Å². The zero-order valence-electron chi connectivity index (χ0n) is 14.2. The predicted octanol–water partition coefficient (Wildman–Crippen LogP) is 3.54. The fraction of sp³-hybridized carbons (Fsp3) is 0.579. The van der Waals surface area contributed by atoms with Crippen molar-refractivity contribution in [2.45, 2.75) is 38.3 Å². The van der Waals surface area contributed by atoms with Gasteiger partial charge in [0.05, 0.1) is 0 Å². The molecule has 0 heterocycles. The summed E-state index contributed by atoms with van der Waals surface area (Å²) in [5, 5.41) is 11.8. The number of alkyl carbamates (subject to hydrolysis) is 1. The Morgan fingerprint density at radius 3 is 2.68 bits per heavy atom. The lowest BCUT2D eigenvalue weighted by Gasteiger charge is -2.22. The van der Waals surface area contributed by atoms with Crippen LogP contribution in [0.3, 0.4) is 0 Å². The number of ether oxygens (including phenoxy) is 1. The highest BCUT2D eigenvalue weighted by Crippen LogP contribution is 2.49. The van der Waals surface area contributed by atoms with Gasteiger partial charge in [-0.3, -0.25) is 0 Å². The van der Waals surface area contributed by atoms with E-state index in [0.717, 1.165) is 29.1 Å². The zero-order valence-corrected chi connectivity index (χ0v) is 15.0. The maximum absolute atomic E-state index is 11.8. The molecular weight excluding hydrogens is 338 g/mol. The molecular formula is C19H25NO4S. The molecule has 2 saturated carbocycles. The number of benzene rings is 1. The first kappa shape index (κ1) is 18.1. The summed E-state index contributed by atoms with van der Waals surface area (Å²) in [5.74, 6) is 2.82. The third kappa shape index (κ3) is 5.14. The van der Waals surface area contributed by atoms with Crippen molar-refractivity contribution in [3.8, 4) is 0 Å². The number of carbonyl (C=O) groups excluding carboxylic acids is 1. The average Bonchev–Trinajstić information content (AvgIpc) is 3.23. The van der Waals surface area contributed by atoms with Gasteiger partial charge < -0.3 is 15.2 Å². The van der Waals surface area contributed by atoms with Crippen LogP contribution in [0.25, 0.3) is 0 Å². The molecule has 0 aliphatic heterocycles. The van der Waals surface area contributed by atoms with E-state index in [2.05, 4.69) is 5.32 Å². The summed E-state index contributed by atoms with van der Waals surface area (Å²) in [4.78, 5) is 23.2. The standard InChI is InChI=1S/C19H25NO4S/c21-18(22)17(12-25-11-16-9-14-6-7-15(16)8-14)20-19(23)24-10-13-4-2-1-3-5-13/h1-5,14-17H,6-12H2,(H,20,23)(H,21,22). The second-order valence-corrected chi connectivity index (χ2v) is 8.14. The lowest BCUT2D eigenvalue weighted by Crippen LogP contribution is -2.43. The zero-order chi connectivity index (χ0) is 17.6. The lowest BCUT2D eigenvalue weighted by molar-refractivity contribution is -0.138. The number of carboxylic acids is 1. The van der Waals surface area contributed by atoms with Crippen LogP contribution in [0.5, 0.6) is 0 Å². The molecule has 136 valence electrons. The van der Waals surface area contributed by atoms with Gasteiger partial charge in [0.2, 0.25) is 0 Å². The van der Waals surface area contributed by atoms with E-state index in [1.54, 1.807) is 11.8 Å². The highest BCUT2D eigenvalue weighted by atomic mass is 32.2. The van der Waals surface area contributed by atoms with E-state index in [4.69, 9.17) is 4.74 Å². The molecule has 0 spiro atoms. The molecule has 2 fully saturated rings. The van der Waals surface area contributed by atoms with E-state index in [9.17, 15) is 14.7 Å². The molecule has 1 amide bonds. The smallest absolute Gasteiger partial charge is 0.408 e. The first-order chi connectivity index (χ1) is 12.1. The van der Waals surface area contributed by atoms with Crippen LogP contribution in [0.2, 0.25) is 0 Å². The third-order valence-corrected chi connectivity index (χ3v) is 6.54. The Morgan fingerprint density at radius 2 is 2.04 bits per heavy atom. The Hall–Kier alpha value is -1.69. The molecule has 2 N–H and O–H groups in total. The maximum atomic E-state index is 11.8. The molecule has 0 aromatic heterocycles. The Kier molecular flexibility index (Phi) is 6.24. The van der Waals surface area contributed by atoms with Gasteiger partial charge >= 0.3 is 12.1 Å². The number of thioether (sulfide) groups is 1. The van der Waals surface area contributed by atoms with Crippen LogP contribution >= 0.6 is 11.8 Å². The summed E-state index contributed by atoms with van der Waals surface area (Å²) >= 11 is 1.63. The largest absolute Gasteiger partial charge is 0.480 e. The van der Waals surface area contributed by atoms with Gasteiger partial charge in [0.1, 0.15) is 12.6 Å². The van der Waals surface area contributed by atoms with E-state index in [1.165, 1.54) is 25.7 Å². The molecule has 0 saturated heterocycles. The number of hydrogen-bond donors (Lipinski definition) is 2. The van der Waals surface area contributed by atoms with Gasteiger partial charge in [0.15, 0.2) is 0 Å². The lowest BCUT2D eigenvalue weighted by atomic mass is 9.90. The van der Waals surface area contributed by atoms with Crippen molar-refractivity contribution in [2.24, 2.45) is 17.8 Å². The van der Waals surface area contributed by atoms with Crippen molar-refractivity contribution < 1.29 is 19.4 Å². The molecule has 1 aromatic carbocycles. The highest BCUT2D eigenvalue weighted by molar-refractivity contribution is 7.99. The van der Waals surface area contributed by atoms with Gasteiger partial charge in [0.25, 0.3) is 0 Å². The van der Waals surface area contributed by atoms with Gasteiger partial charge in [-0.25, -0.2) is 9.59 Å². The SMILES string of the molecule is O=C(NC(CSCC1CC2CCC1C2)C(=O)O)OCc1ccccc1. The molecule has 2 aliphatic rings. The van der Waals surface area contributed by atoms with E-state index in [0.29, 0.717) is 5.75 Å². The number of carboxylic acid groups (broad SMARTS) is 1. The van der Waals surface area contributed by atoms with Crippen LogP contribution in [0.15, 0.2) is 30.3 Å². The van der Waals surface area contributed by atoms with Crippen LogP contribution in [0, 0.1) is 17.8 Å². The molecule has 5 nitrogen and oxygen atoms in total. The number of amides is 1. The van der Waals surface area contributed by atoms with Crippen molar-refractivity contribution in [1.82, 2.24) is 5.32 Å². The van der Waals surface area contributed by atoms with Crippen molar-refractivity contribution in [3.63, 3.8) is 0 Å². The van der Waals surface area contributed by atoms with E-state index >= 15 is 0 Å². The molecule has 2 aliphatic carbocycles. The fourth-order valence-corrected chi connectivity index (χ4v) is 5.31. The minimum Gasteiger partial charge on any atom is -0.480 e. The van der Waals surface area contributed by atoms with Gasteiger partial charge in [-0.15, -0.1) is 0 Å². The number of carbonyl (C=O) groups is 2.